The third-order valence-electron chi connectivity index (χ3n) is 7.79. The van der Waals surface area contributed by atoms with Gasteiger partial charge in [0.25, 0.3) is 5.91 Å². The Hall–Kier alpha value is -3.95. The van der Waals surface area contributed by atoms with Gasteiger partial charge in [0.1, 0.15) is 12.8 Å². The van der Waals surface area contributed by atoms with Gasteiger partial charge in [-0.1, -0.05) is 31.8 Å². The lowest BCUT2D eigenvalue weighted by Gasteiger charge is -2.32. The fourth-order valence-corrected chi connectivity index (χ4v) is 6.05. The minimum Gasteiger partial charge on any atom is -0.465 e. The van der Waals surface area contributed by atoms with Gasteiger partial charge in [-0.3, -0.25) is 9.59 Å². The minimum absolute atomic E-state index is 0.0657. The van der Waals surface area contributed by atoms with E-state index in [0.29, 0.717) is 38.3 Å². The van der Waals surface area contributed by atoms with Gasteiger partial charge >= 0.3 is 6.09 Å². The molecule has 1 saturated heterocycles. The first-order valence-corrected chi connectivity index (χ1v) is 18.1. The van der Waals surface area contributed by atoms with Gasteiger partial charge in [-0.2, -0.15) is 5.26 Å². The lowest BCUT2D eigenvalue weighted by atomic mass is 9.86. The number of benzene rings is 1. The van der Waals surface area contributed by atoms with Crippen molar-refractivity contribution in [1.82, 2.24) is 19.4 Å². The van der Waals surface area contributed by atoms with Crippen LogP contribution in [-0.4, -0.2) is 83.2 Å². The second-order valence-corrected chi connectivity index (χ2v) is 17.8. The molecule has 2 N–H and O–H groups in total. The number of piperidine rings is 1. The molecule has 0 atom stereocenters. The molecule has 12 heteroatoms. The van der Waals surface area contributed by atoms with Crippen molar-refractivity contribution in [3.63, 3.8) is 0 Å². The number of carboxylic acid groups (broad SMARTS) is 1. The average molecular weight is 593 g/mol. The molecule has 3 heterocycles. The van der Waals surface area contributed by atoms with Crippen LogP contribution in [0.1, 0.15) is 59.5 Å². The normalized spacial score (nSPS) is 16.1. The molecule has 2 aliphatic rings. The maximum Gasteiger partial charge on any atom is 0.407 e. The van der Waals surface area contributed by atoms with Gasteiger partial charge in [0.05, 0.1) is 0 Å². The zero-order valence-electron chi connectivity index (χ0n) is 24.9. The smallest absolute Gasteiger partial charge is 0.407 e. The number of likely N-dealkylation sites (tertiary alicyclic amines) is 1. The molecule has 0 spiro atoms. The zero-order valence-corrected chi connectivity index (χ0v) is 25.9. The van der Waals surface area contributed by atoms with Gasteiger partial charge in [-0.15, -0.1) is 0 Å². The highest BCUT2D eigenvalue weighted by Crippen LogP contribution is 2.35. The number of carbonyl (C=O) groups excluding carboxylic acids is 2. The molecule has 0 aliphatic carbocycles. The fourth-order valence-electron chi connectivity index (χ4n) is 5.29. The van der Waals surface area contributed by atoms with E-state index < -0.39 is 20.1 Å². The van der Waals surface area contributed by atoms with E-state index >= 15 is 0 Å². The van der Waals surface area contributed by atoms with Gasteiger partial charge in [-0.05, 0) is 54.5 Å². The molecule has 0 unspecified atom stereocenters. The molecule has 11 nitrogen and oxygen atoms in total. The molecule has 1 aromatic carbocycles. The molecule has 0 radical (unpaired) electrons. The predicted octanol–water partition coefficient (Wildman–Crippen LogP) is 4.81. The topological polar surface area (TPSA) is 141 Å². The van der Waals surface area contributed by atoms with Crippen molar-refractivity contribution in [2.45, 2.75) is 64.5 Å². The summed E-state index contributed by atoms with van der Waals surface area (Å²) in [7, 11) is -1.29. The number of imidazole rings is 1. The lowest BCUT2D eigenvalue weighted by Crippen LogP contribution is -2.36. The molecule has 1 aromatic heterocycles. The highest BCUT2D eigenvalue weighted by molar-refractivity contribution is 6.76. The number of hydrogen-bond acceptors (Lipinski definition) is 6. The van der Waals surface area contributed by atoms with E-state index in [1.165, 1.54) is 11.1 Å². The largest absolute Gasteiger partial charge is 0.465 e. The highest BCUT2D eigenvalue weighted by Gasteiger charge is 2.26. The maximum absolute atomic E-state index is 13.5. The second-order valence-electron chi connectivity index (χ2n) is 12.1. The van der Waals surface area contributed by atoms with Crippen LogP contribution < -0.4 is 5.32 Å². The van der Waals surface area contributed by atoms with Crippen LogP contribution in [0.15, 0.2) is 30.5 Å². The SMILES string of the molecule is CC(=O)N1CCC(c2ccc(NC(=O)c3nc(C#N)cn3COCC[Si](C)(C)C)c(C3=CCCN(C(=O)O)C3)c2)CC1. The van der Waals surface area contributed by atoms with Gasteiger partial charge < -0.3 is 29.5 Å². The number of hydrogen-bond donors (Lipinski definition) is 2. The van der Waals surface area contributed by atoms with Crippen LogP contribution >= 0.6 is 0 Å². The van der Waals surface area contributed by atoms with E-state index in [-0.39, 0.29) is 36.6 Å². The van der Waals surface area contributed by atoms with E-state index in [1.807, 2.05) is 35.2 Å². The third-order valence-corrected chi connectivity index (χ3v) is 9.50. The van der Waals surface area contributed by atoms with Crippen LogP contribution in [0.3, 0.4) is 0 Å². The molecule has 224 valence electrons. The van der Waals surface area contributed by atoms with E-state index in [2.05, 4.69) is 29.9 Å². The summed E-state index contributed by atoms with van der Waals surface area (Å²) in [5.74, 6) is -0.0986. The number of carbonyl (C=O) groups is 3. The molecule has 2 aliphatic heterocycles. The Bertz CT molecular complexity index is 1400. The van der Waals surface area contributed by atoms with Gasteiger partial charge in [0.2, 0.25) is 11.7 Å². The molecule has 1 fully saturated rings. The quantitative estimate of drug-likeness (QED) is 0.314. The van der Waals surface area contributed by atoms with Crippen molar-refractivity contribution in [3.8, 4) is 6.07 Å². The maximum atomic E-state index is 13.5. The number of anilines is 1. The summed E-state index contributed by atoms with van der Waals surface area (Å²) in [6.07, 6.45) is 4.78. The van der Waals surface area contributed by atoms with Crippen LogP contribution in [0.25, 0.3) is 5.57 Å². The van der Waals surface area contributed by atoms with Crippen LogP contribution in [-0.2, 0) is 16.3 Å². The number of aromatic nitrogens is 2. The van der Waals surface area contributed by atoms with Crippen LogP contribution in [0.2, 0.25) is 25.7 Å². The summed E-state index contributed by atoms with van der Waals surface area (Å²) in [5.41, 5.74) is 3.32. The van der Waals surface area contributed by atoms with Crippen molar-refractivity contribution in [2.75, 3.05) is 38.1 Å². The van der Waals surface area contributed by atoms with E-state index in [0.717, 1.165) is 35.6 Å². The summed E-state index contributed by atoms with van der Waals surface area (Å²) < 4.78 is 7.37. The minimum atomic E-state index is -1.29. The molecule has 4 rings (SSSR count). The summed E-state index contributed by atoms with van der Waals surface area (Å²) in [6.45, 7) is 11.0. The molecule has 0 saturated carbocycles. The van der Waals surface area contributed by atoms with E-state index in [4.69, 9.17) is 4.74 Å². The second kappa shape index (κ2) is 13.4. The number of ether oxygens (including phenoxy) is 1. The van der Waals surface area contributed by atoms with Gasteiger partial charge in [-0.25, -0.2) is 9.78 Å². The Labute approximate surface area is 247 Å². The molecule has 0 bridgehead atoms. The zero-order chi connectivity index (χ0) is 30.4. The molecule has 3 amide bonds. The van der Waals surface area contributed by atoms with Crippen molar-refractivity contribution in [3.05, 3.63) is 53.1 Å². The standard InChI is InChI=1S/C30H40N6O5Si/c1-21(37)34-12-9-22(10-13-34)23-7-8-27(26(16-23)24-6-5-11-35(18-24)30(39)40)33-29(38)28-32-25(17-31)19-36(28)20-41-14-15-42(2,3)4/h6-8,16,19,22H,5,9-15,18,20H2,1-4H3,(H,33,38)(H,39,40). The van der Waals surface area contributed by atoms with Crippen LogP contribution in [0, 0.1) is 11.3 Å². The summed E-state index contributed by atoms with van der Waals surface area (Å²) in [5, 5.41) is 22.0. The first kappa shape index (κ1) is 31.0. The lowest BCUT2D eigenvalue weighted by molar-refractivity contribution is -0.129. The van der Waals surface area contributed by atoms with Crippen molar-refractivity contribution < 1.29 is 24.2 Å². The number of rotatable bonds is 9. The van der Waals surface area contributed by atoms with Crippen LogP contribution in [0.4, 0.5) is 10.5 Å². The Morgan fingerprint density at radius 1 is 1.17 bits per heavy atom. The number of nitriles is 1. The van der Waals surface area contributed by atoms with E-state index in [9.17, 15) is 24.8 Å². The first-order chi connectivity index (χ1) is 19.9. The van der Waals surface area contributed by atoms with Crippen molar-refractivity contribution in [1.29, 1.82) is 5.26 Å². The van der Waals surface area contributed by atoms with Crippen molar-refractivity contribution >= 4 is 37.2 Å². The Balaban J connectivity index is 1.59. The van der Waals surface area contributed by atoms with Gasteiger partial charge in [0, 0.05) is 65.2 Å². The molecular formula is C30H40N6O5Si. The Morgan fingerprint density at radius 3 is 2.55 bits per heavy atom. The van der Waals surface area contributed by atoms with Crippen LogP contribution in [0.5, 0.6) is 0 Å². The Morgan fingerprint density at radius 2 is 1.90 bits per heavy atom. The Kier molecular flexibility index (Phi) is 9.85. The number of amides is 3. The molecular weight excluding hydrogens is 552 g/mol. The van der Waals surface area contributed by atoms with Gasteiger partial charge in [0.15, 0.2) is 5.69 Å². The summed E-state index contributed by atoms with van der Waals surface area (Å²) >= 11 is 0. The molecule has 42 heavy (non-hydrogen) atoms. The summed E-state index contributed by atoms with van der Waals surface area (Å²) in [6, 6.07) is 8.84. The van der Waals surface area contributed by atoms with E-state index in [1.54, 1.807) is 11.5 Å². The number of nitrogens with one attached hydrogen (secondary N) is 1. The fraction of sp³-hybridized carbons (Fsp3) is 0.500. The van der Waals surface area contributed by atoms with Crippen molar-refractivity contribution in [2.24, 2.45) is 0 Å². The molecule has 2 aromatic rings. The third kappa shape index (κ3) is 7.86. The average Bonchev–Trinajstić information content (AvgIpc) is 3.38. The highest BCUT2D eigenvalue weighted by atomic mass is 28.3. The first-order valence-electron chi connectivity index (χ1n) is 14.4. The monoisotopic (exact) mass is 592 g/mol. The summed E-state index contributed by atoms with van der Waals surface area (Å²) in [4.78, 5) is 44.5. The predicted molar refractivity (Wildman–Crippen MR) is 162 cm³/mol. The number of nitrogens with zero attached hydrogens (tertiary/aromatic N) is 5.